The van der Waals surface area contributed by atoms with Gasteiger partial charge in [-0.2, -0.15) is 0 Å². The molecule has 1 rings (SSSR count). The van der Waals surface area contributed by atoms with Crippen molar-refractivity contribution in [3.63, 3.8) is 0 Å². The van der Waals surface area contributed by atoms with Gasteiger partial charge >= 0.3 is 5.97 Å². The molecule has 1 aromatic rings. The van der Waals surface area contributed by atoms with Gasteiger partial charge < -0.3 is 4.74 Å². The molecule has 0 amide bonds. The van der Waals surface area contributed by atoms with E-state index in [4.69, 9.17) is 23.2 Å². The Morgan fingerprint density at radius 2 is 2.24 bits per heavy atom. The Labute approximate surface area is 107 Å². The molecule has 7 heteroatoms. The van der Waals surface area contributed by atoms with E-state index >= 15 is 0 Å². The van der Waals surface area contributed by atoms with Crippen LogP contribution in [0.15, 0.2) is 6.20 Å². The molecule has 0 bridgehead atoms. The first kappa shape index (κ1) is 14.1. The van der Waals surface area contributed by atoms with Crippen LogP contribution in [0.2, 0.25) is 5.02 Å². The molecule has 17 heavy (non-hydrogen) atoms. The molecule has 0 unspecified atom stereocenters. The number of nitrogens with zero attached hydrogens (tertiary/aromatic N) is 1. The second-order valence-corrected chi connectivity index (χ2v) is 3.79. The Balaban J connectivity index is 3.22. The number of pyridine rings is 1. The van der Waals surface area contributed by atoms with Gasteiger partial charge in [-0.3, -0.25) is 9.78 Å². The highest BCUT2D eigenvalue weighted by Crippen LogP contribution is 2.31. The third-order valence-corrected chi connectivity index (χ3v) is 2.84. The van der Waals surface area contributed by atoms with Gasteiger partial charge in [0.1, 0.15) is 0 Å². The third-order valence-electron chi connectivity index (χ3n) is 2.14. The Morgan fingerprint density at radius 3 is 2.71 bits per heavy atom. The topological polar surface area (TPSA) is 39.2 Å². The van der Waals surface area contributed by atoms with Crippen LogP contribution in [0.3, 0.4) is 0 Å². The molecule has 1 aromatic heterocycles. The van der Waals surface area contributed by atoms with Gasteiger partial charge in [0, 0.05) is 11.8 Å². The Kier molecular flexibility index (Phi) is 5.08. The number of carbonyl (C=O) groups is 1. The van der Waals surface area contributed by atoms with Crippen LogP contribution in [0, 0.1) is 0 Å². The summed E-state index contributed by atoms with van der Waals surface area (Å²) >= 11 is 11.4. The van der Waals surface area contributed by atoms with Crippen LogP contribution in [0.5, 0.6) is 0 Å². The molecule has 0 saturated heterocycles. The van der Waals surface area contributed by atoms with Crippen molar-refractivity contribution in [2.75, 3.05) is 7.11 Å². The lowest BCUT2D eigenvalue weighted by molar-refractivity contribution is -0.139. The second kappa shape index (κ2) is 6.12. The summed E-state index contributed by atoms with van der Waals surface area (Å²) in [6, 6.07) is 0. The van der Waals surface area contributed by atoms with E-state index in [1.165, 1.54) is 7.11 Å². The highest BCUT2D eigenvalue weighted by Gasteiger charge is 2.20. The highest BCUT2D eigenvalue weighted by molar-refractivity contribution is 6.32. The molecular formula is C10H9Cl2F2NO2. The first-order valence-corrected chi connectivity index (χ1v) is 5.49. The molecule has 3 nitrogen and oxygen atoms in total. The number of aromatic nitrogens is 1. The lowest BCUT2D eigenvalue weighted by atomic mass is 10.1. The van der Waals surface area contributed by atoms with Gasteiger partial charge in [-0.05, 0) is 0 Å². The zero-order chi connectivity index (χ0) is 13.0. The number of methoxy groups -OCH3 is 1. The maximum atomic E-state index is 12.6. The summed E-state index contributed by atoms with van der Waals surface area (Å²) < 4.78 is 29.6. The molecule has 0 spiro atoms. The predicted molar refractivity (Wildman–Crippen MR) is 59.5 cm³/mol. The minimum Gasteiger partial charge on any atom is -0.469 e. The minimum atomic E-state index is -2.75. The van der Waals surface area contributed by atoms with E-state index in [2.05, 4.69) is 9.72 Å². The Hall–Kier alpha value is -0.940. The van der Waals surface area contributed by atoms with Crippen LogP contribution in [-0.4, -0.2) is 18.1 Å². The molecule has 94 valence electrons. The van der Waals surface area contributed by atoms with Crippen molar-refractivity contribution in [3.8, 4) is 0 Å². The lowest BCUT2D eigenvalue weighted by Gasteiger charge is -2.11. The molecule has 0 radical (unpaired) electrons. The smallest absolute Gasteiger partial charge is 0.310 e. The molecule has 0 aliphatic rings. The molecular weight excluding hydrogens is 275 g/mol. The van der Waals surface area contributed by atoms with E-state index in [1.54, 1.807) is 0 Å². The van der Waals surface area contributed by atoms with Crippen molar-refractivity contribution in [1.82, 2.24) is 4.98 Å². The average Bonchev–Trinajstić information content (AvgIpc) is 2.30. The van der Waals surface area contributed by atoms with Gasteiger partial charge in [0.15, 0.2) is 0 Å². The lowest BCUT2D eigenvalue weighted by Crippen LogP contribution is -2.09. The fourth-order valence-corrected chi connectivity index (χ4v) is 1.78. The van der Waals surface area contributed by atoms with Gasteiger partial charge in [-0.1, -0.05) is 11.6 Å². The van der Waals surface area contributed by atoms with Crippen molar-refractivity contribution in [1.29, 1.82) is 0 Å². The van der Waals surface area contributed by atoms with Crippen molar-refractivity contribution in [3.05, 3.63) is 28.0 Å². The fourth-order valence-electron chi connectivity index (χ4n) is 1.25. The zero-order valence-electron chi connectivity index (χ0n) is 8.84. The molecule has 0 aliphatic carbocycles. The van der Waals surface area contributed by atoms with Gasteiger partial charge in [0.25, 0.3) is 6.43 Å². The molecule has 0 aliphatic heterocycles. The standard InChI is InChI=1S/C10H9Cl2F2NO2/c1-17-8(16)2-5-7(3-11)15-4-6(9(5)12)10(13)14/h4,10H,2-3H2,1H3. The molecule has 0 fully saturated rings. The maximum absolute atomic E-state index is 12.6. The fraction of sp³-hybridized carbons (Fsp3) is 0.400. The van der Waals surface area contributed by atoms with Crippen molar-refractivity contribution in [2.24, 2.45) is 0 Å². The van der Waals surface area contributed by atoms with Crippen molar-refractivity contribution in [2.45, 2.75) is 18.7 Å². The quantitative estimate of drug-likeness (QED) is 0.630. The largest absolute Gasteiger partial charge is 0.469 e. The summed E-state index contributed by atoms with van der Waals surface area (Å²) in [6.45, 7) is 0. The monoisotopic (exact) mass is 283 g/mol. The number of rotatable bonds is 4. The minimum absolute atomic E-state index is 0.0183. The van der Waals surface area contributed by atoms with Crippen LogP contribution in [-0.2, 0) is 21.8 Å². The summed E-state index contributed by atoms with van der Waals surface area (Å²) in [6.07, 6.45) is -2.02. The van der Waals surface area contributed by atoms with E-state index < -0.39 is 18.0 Å². The third kappa shape index (κ3) is 3.26. The van der Waals surface area contributed by atoms with Gasteiger partial charge in [-0.25, -0.2) is 8.78 Å². The molecule has 0 atom stereocenters. The van der Waals surface area contributed by atoms with Crippen LogP contribution in [0.1, 0.15) is 23.2 Å². The summed E-state index contributed by atoms with van der Waals surface area (Å²) in [5, 5.41) is -0.184. The highest BCUT2D eigenvalue weighted by atomic mass is 35.5. The zero-order valence-corrected chi connectivity index (χ0v) is 10.4. The molecule has 0 aromatic carbocycles. The number of esters is 1. The Morgan fingerprint density at radius 1 is 1.59 bits per heavy atom. The number of hydrogen-bond acceptors (Lipinski definition) is 3. The summed E-state index contributed by atoms with van der Waals surface area (Å²) in [4.78, 5) is 14.9. The normalized spacial score (nSPS) is 10.7. The van der Waals surface area contributed by atoms with E-state index in [9.17, 15) is 13.6 Å². The summed E-state index contributed by atoms with van der Waals surface area (Å²) in [7, 11) is 1.20. The van der Waals surface area contributed by atoms with Crippen molar-refractivity contribution >= 4 is 29.2 Å². The number of halogens is 4. The maximum Gasteiger partial charge on any atom is 0.310 e. The summed E-state index contributed by atoms with van der Waals surface area (Å²) in [5.41, 5.74) is 0.0669. The first-order valence-electron chi connectivity index (χ1n) is 4.58. The van der Waals surface area contributed by atoms with Gasteiger partial charge in [0.2, 0.25) is 0 Å². The predicted octanol–water partition coefficient (Wildman–Crippen LogP) is 3.13. The average molecular weight is 284 g/mol. The van der Waals surface area contributed by atoms with Crippen LogP contribution in [0.4, 0.5) is 8.78 Å². The van der Waals surface area contributed by atoms with Gasteiger partial charge in [-0.15, -0.1) is 11.6 Å². The number of ether oxygens (including phenoxy) is 1. The summed E-state index contributed by atoms with van der Waals surface area (Å²) in [5.74, 6) is -0.610. The molecule has 0 N–H and O–H groups in total. The molecule has 1 heterocycles. The van der Waals surface area contributed by atoms with E-state index in [1.807, 2.05) is 0 Å². The second-order valence-electron chi connectivity index (χ2n) is 3.14. The van der Waals surface area contributed by atoms with Gasteiger partial charge in [0.05, 0.1) is 35.7 Å². The van der Waals surface area contributed by atoms with Crippen LogP contribution >= 0.6 is 23.2 Å². The number of alkyl halides is 3. The molecule has 0 saturated carbocycles. The van der Waals surface area contributed by atoms with Crippen LogP contribution < -0.4 is 0 Å². The van der Waals surface area contributed by atoms with E-state index in [0.29, 0.717) is 5.69 Å². The van der Waals surface area contributed by atoms with Crippen molar-refractivity contribution < 1.29 is 18.3 Å². The number of carbonyl (C=O) groups excluding carboxylic acids is 1. The van der Waals surface area contributed by atoms with E-state index in [0.717, 1.165) is 6.20 Å². The number of hydrogen-bond donors (Lipinski definition) is 0. The van der Waals surface area contributed by atoms with E-state index in [-0.39, 0.29) is 22.9 Å². The van der Waals surface area contributed by atoms with Crippen LogP contribution in [0.25, 0.3) is 0 Å². The Bertz CT molecular complexity index is 427. The SMILES string of the molecule is COC(=O)Cc1c(CCl)ncc(C(F)F)c1Cl. The first-order chi connectivity index (χ1) is 8.01.